The minimum absolute atomic E-state index is 0.161. The molecule has 0 unspecified atom stereocenters. The highest BCUT2D eigenvalue weighted by atomic mass is 16.6. The second kappa shape index (κ2) is 7.08. The molecule has 1 amide bonds. The fourth-order valence-electron chi connectivity index (χ4n) is 2.27. The molecule has 0 bridgehead atoms. The number of carboxylic acid groups (broad SMARTS) is 1. The Bertz CT molecular complexity index is 490. The third-order valence-electron chi connectivity index (χ3n) is 3.42. The van der Waals surface area contributed by atoms with E-state index >= 15 is 0 Å². The van der Waals surface area contributed by atoms with Gasteiger partial charge in [-0.3, -0.25) is 4.90 Å². The van der Waals surface area contributed by atoms with Gasteiger partial charge in [0, 0.05) is 6.54 Å². The van der Waals surface area contributed by atoms with Gasteiger partial charge in [-0.15, -0.1) is 0 Å². The molecular formula is C15H19NO5. The van der Waals surface area contributed by atoms with Crippen LogP contribution in [0.5, 0.6) is 0 Å². The van der Waals surface area contributed by atoms with Crippen molar-refractivity contribution in [2.24, 2.45) is 0 Å². The smallest absolute Gasteiger partial charge is 0.408 e. The van der Waals surface area contributed by atoms with Crippen LogP contribution in [0.1, 0.15) is 12.5 Å². The van der Waals surface area contributed by atoms with E-state index in [1.165, 1.54) is 5.56 Å². The molecule has 0 aliphatic carbocycles. The lowest BCUT2D eigenvalue weighted by Gasteiger charge is -2.38. The largest absolute Gasteiger partial charge is 0.465 e. The van der Waals surface area contributed by atoms with E-state index in [0.29, 0.717) is 6.61 Å². The number of carbonyl (C=O) groups excluding carboxylic acids is 1. The molecule has 0 saturated carbocycles. The van der Waals surface area contributed by atoms with E-state index < -0.39 is 24.2 Å². The van der Waals surface area contributed by atoms with E-state index in [9.17, 15) is 9.59 Å². The van der Waals surface area contributed by atoms with E-state index in [-0.39, 0.29) is 13.2 Å². The first-order chi connectivity index (χ1) is 10.1. The Kier molecular flexibility index (Phi) is 5.16. The summed E-state index contributed by atoms with van der Waals surface area (Å²) in [6, 6.07) is 9.20. The van der Waals surface area contributed by atoms with Crippen molar-refractivity contribution in [2.75, 3.05) is 19.8 Å². The topological polar surface area (TPSA) is 76.1 Å². The molecular weight excluding hydrogens is 274 g/mol. The average molecular weight is 293 g/mol. The van der Waals surface area contributed by atoms with Crippen LogP contribution < -0.4 is 0 Å². The van der Waals surface area contributed by atoms with Gasteiger partial charge in [0.2, 0.25) is 0 Å². The monoisotopic (exact) mass is 293 g/mol. The van der Waals surface area contributed by atoms with E-state index in [2.05, 4.69) is 0 Å². The quantitative estimate of drug-likeness (QED) is 0.609. The number of benzene rings is 1. The van der Waals surface area contributed by atoms with Crippen molar-refractivity contribution in [3.05, 3.63) is 35.9 Å². The third kappa shape index (κ3) is 3.95. The Labute approximate surface area is 123 Å². The van der Waals surface area contributed by atoms with Crippen LogP contribution in [0.25, 0.3) is 0 Å². The molecule has 1 aromatic rings. The first kappa shape index (κ1) is 15.3. The SMILES string of the molecule is C[C@@H]1OC(=O)[C@@H]1N(CCOCCc1ccccc1)C(=O)O. The zero-order chi connectivity index (χ0) is 15.2. The number of hydrogen-bond acceptors (Lipinski definition) is 4. The number of hydrogen-bond donors (Lipinski definition) is 1. The van der Waals surface area contributed by atoms with Gasteiger partial charge in [-0.2, -0.15) is 0 Å². The summed E-state index contributed by atoms with van der Waals surface area (Å²) in [5.41, 5.74) is 1.17. The van der Waals surface area contributed by atoms with E-state index in [1.807, 2.05) is 30.3 Å². The maximum absolute atomic E-state index is 11.3. The Morgan fingerprint density at radius 3 is 2.62 bits per heavy atom. The molecule has 2 atom stereocenters. The lowest BCUT2D eigenvalue weighted by atomic mass is 10.1. The lowest BCUT2D eigenvalue weighted by Crippen LogP contribution is -2.60. The van der Waals surface area contributed by atoms with Crippen LogP contribution >= 0.6 is 0 Å². The summed E-state index contributed by atoms with van der Waals surface area (Å²) in [5, 5.41) is 9.14. The Balaban J connectivity index is 1.71. The van der Waals surface area contributed by atoms with Gasteiger partial charge in [-0.1, -0.05) is 30.3 Å². The highest BCUT2D eigenvalue weighted by Gasteiger charge is 2.45. The minimum Gasteiger partial charge on any atom is -0.465 e. The number of esters is 1. The van der Waals surface area contributed by atoms with E-state index in [4.69, 9.17) is 14.6 Å². The fraction of sp³-hybridized carbons (Fsp3) is 0.467. The van der Waals surface area contributed by atoms with Gasteiger partial charge in [0.05, 0.1) is 13.2 Å². The Morgan fingerprint density at radius 2 is 2.05 bits per heavy atom. The molecule has 0 radical (unpaired) electrons. The van der Waals surface area contributed by atoms with Crippen LogP contribution in [0.15, 0.2) is 30.3 Å². The fourth-order valence-corrected chi connectivity index (χ4v) is 2.27. The summed E-state index contributed by atoms with van der Waals surface area (Å²) >= 11 is 0. The van der Waals surface area contributed by atoms with Crippen LogP contribution in [0.3, 0.4) is 0 Å². The number of rotatable bonds is 7. The molecule has 6 nitrogen and oxygen atoms in total. The number of carbonyl (C=O) groups is 2. The molecule has 1 aliphatic heterocycles. The number of amides is 1. The molecule has 1 heterocycles. The van der Waals surface area contributed by atoms with Crippen molar-refractivity contribution in [3.63, 3.8) is 0 Å². The van der Waals surface area contributed by atoms with Crippen molar-refractivity contribution in [2.45, 2.75) is 25.5 Å². The van der Waals surface area contributed by atoms with Crippen LogP contribution in [-0.2, 0) is 20.7 Å². The molecule has 114 valence electrons. The van der Waals surface area contributed by atoms with Crippen LogP contribution in [-0.4, -0.2) is 54.0 Å². The summed E-state index contributed by atoms with van der Waals surface area (Å²) in [6.45, 7) is 2.62. The first-order valence-corrected chi connectivity index (χ1v) is 6.91. The second-order valence-electron chi connectivity index (χ2n) is 4.91. The van der Waals surface area contributed by atoms with Gasteiger partial charge in [-0.25, -0.2) is 9.59 Å². The highest BCUT2D eigenvalue weighted by Crippen LogP contribution is 2.20. The molecule has 1 N–H and O–H groups in total. The van der Waals surface area contributed by atoms with Gasteiger partial charge < -0.3 is 14.6 Å². The molecule has 6 heteroatoms. The summed E-state index contributed by atoms with van der Waals surface area (Å²) < 4.78 is 10.2. The Hall–Kier alpha value is -2.08. The second-order valence-corrected chi connectivity index (χ2v) is 4.91. The van der Waals surface area contributed by atoms with Gasteiger partial charge in [0.15, 0.2) is 6.04 Å². The van der Waals surface area contributed by atoms with Crippen molar-refractivity contribution in [1.29, 1.82) is 0 Å². The van der Waals surface area contributed by atoms with Crippen LogP contribution in [0.4, 0.5) is 4.79 Å². The number of ether oxygens (including phenoxy) is 2. The summed E-state index contributed by atoms with van der Waals surface area (Å²) in [5.74, 6) is -0.491. The van der Waals surface area contributed by atoms with Crippen LogP contribution in [0, 0.1) is 0 Å². The highest BCUT2D eigenvalue weighted by molar-refractivity contribution is 5.85. The number of cyclic esters (lactones) is 1. The lowest BCUT2D eigenvalue weighted by molar-refractivity contribution is -0.183. The standard InChI is InChI=1S/C15H19NO5/c1-11-13(14(17)21-11)16(15(18)19)8-10-20-9-7-12-5-3-2-4-6-12/h2-6,11,13H,7-10H2,1H3,(H,18,19)/t11-,13+/m0/s1. The van der Waals surface area contributed by atoms with Crippen molar-refractivity contribution < 1.29 is 24.2 Å². The third-order valence-corrected chi connectivity index (χ3v) is 3.42. The van der Waals surface area contributed by atoms with Gasteiger partial charge in [0.1, 0.15) is 6.10 Å². The molecule has 2 rings (SSSR count). The van der Waals surface area contributed by atoms with Crippen LogP contribution in [0.2, 0.25) is 0 Å². The van der Waals surface area contributed by atoms with E-state index in [1.54, 1.807) is 6.92 Å². The summed E-state index contributed by atoms with van der Waals surface area (Å²) in [4.78, 5) is 23.5. The first-order valence-electron chi connectivity index (χ1n) is 6.91. The Morgan fingerprint density at radius 1 is 1.33 bits per heavy atom. The summed E-state index contributed by atoms with van der Waals surface area (Å²) in [7, 11) is 0. The van der Waals surface area contributed by atoms with Crippen molar-refractivity contribution >= 4 is 12.1 Å². The van der Waals surface area contributed by atoms with Gasteiger partial charge >= 0.3 is 12.1 Å². The van der Waals surface area contributed by atoms with E-state index in [0.717, 1.165) is 11.3 Å². The molecule has 1 aliphatic rings. The predicted octanol–water partition coefficient (Wildman–Crippen LogP) is 1.54. The maximum Gasteiger partial charge on any atom is 0.408 e. The molecule has 1 aromatic carbocycles. The molecule has 1 fully saturated rings. The maximum atomic E-state index is 11.3. The van der Waals surface area contributed by atoms with Crippen molar-refractivity contribution in [3.8, 4) is 0 Å². The zero-order valence-electron chi connectivity index (χ0n) is 11.9. The summed E-state index contributed by atoms with van der Waals surface area (Å²) in [6.07, 6.45) is -0.747. The normalized spacial score (nSPS) is 20.5. The predicted molar refractivity (Wildman–Crippen MR) is 75.0 cm³/mol. The molecule has 21 heavy (non-hydrogen) atoms. The zero-order valence-corrected chi connectivity index (χ0v) is 11.9. The average Bonchev–Trinajstić information content (AvgIpc) is 2.46. The molecule has 0 aromatic heterocycles. The van der Waals surface area contributed by atoms with Crippen molar-refractivity contribution in [1.82, 2.24) is 4.90 Å². The van der Waals surface area contributed by atoms with Gasteiger partial charge in [-0.05, 0) is 18.9 Å². The minimum atomic E-state index is -1.13. The number of nitrogens with zero attached hydrogens (tertiary/aromatic N) is 1. The van der Waals surface area contributed by atoms with Gasteiger partial charge in [0.25, 0.3) is 0 Å². The molecule has 1 saturated heterocycles. The molecule has 0 spiro atoms.